The molecule has 0 aliphatic carbocycles. The van der Waals surface area contributed by atoms with E-state index in [2.05, 4.69) is 12.1 Å². The summed E-state index contributed by atoms with van der Waals surface area (Å²) < 4.78 is 10.5. The van der Waals surface area contributed by atoms with Crippen LogP contribution in [0.1, 0.15) is 55.2 Å². The third-order valence-corrected chi connectivity index (χ3v) is 6.76. The van der Waals surface area contributed by atoms with Crippen molar-refractivity contribution in [3.63, 3.8) is 0 Å². The van der Waals surface area contributed by atoms with E-state index in [4.69, 9.17) is 9.15 Å². The molecule has 0 spiro atoms. The molecule has 1 aromatic heterocycles. The Hall–Kier alpha value is -4.20. The van der Waals surface area contributed by atoms with E-state index in [0.29, 0.717) is 24.8 Å². The average molecular weight is 487 g/mol. The predicted molar refractivity (Wildman–Crippen MR) is 129 cm³/mol. The van der Waals surface area contributed by atoms with E-state index in [1.807, 2.05) is 18.2 Å². The Morgan fingerprint density at radius 1 is 0.917 bits per heavy atom. The van der Waals surface area contributed by atoms with E-state index in [-0.39, 0.29) is 35.7 Å². The van der Waals surface area contributed by atoms with E-state index in [1.165, 1.54) is 30.0 Å². The first-order valence-corrected chi connectivity index (χ1v) is 12.0. The standard InChI is InChI=1S/C28H26N2O6/c31-25(29-12-10-20(11-13-29)15-19-5-2-1-3-6-19)18-36-28(34)21-8-9-23-24(16-21)27(33)30(26(23)32)17-22-7-4-14-35-22/h1-9,14,16,20H,10-13,15,17-18H2. The molecular weight excluding hydrogens is 460 g/mol. The van der Waals surface area contributed by atoms with Crippen molar-refractivity contribution in [3.05, 3.63) is 94.9 Å². The maximum absolute atomic E-state index is 12.8. The number of carbonyl (C=O) groups is 4. The van der Waals surface area contributed by atoms with Crippen LogP contribution in [0.25, 0.3) is 0 Å². The monoisotopic (exact) mass is 486 g/mol. The van der Waals surface area contributed by atoms with Crippen LogP contribution in [0.3, 0.4) is 0 Å². The van der Waals surface area contributed by atoms with Crippen LogP contribution in [0.2, 0.25) is 0 Å². The molecule has 0 bridgehead atoms. The summed E-state index contributed by atoms with van der Waals surface area (Å²) in [6, 6.07) is 17.9. The van der Waals surface area contributed by atoms with Crippen LogP contribution >= 0.6 is 0 Å². The molecule has 0 saturated carbocycles. The Bertz CT molecular complexity index is 1280. The summed E-state index contributed by atoms with van der Waals surface area (Å²) in [6.45, 7) is 0.913. The molecule has 1 saturated heterocycles. The third-order valence-electron chi connectivity index (χ3n) is 6.76. The highest BCUT2D eigenvalue weighted by molar-refractivity contribution is 6.21. The number of rotatable bonds is 7. The summed E-state index contributed by atoms with van der Waals surface area (Å²) in [6.07, 6.45) is 4.28. The van der Waals surface area contributed by atoms with Crippen LogP contribution in [0, 0.1) is 5.92 Å². The number of nitrogens with zero attached hydrogens (tertiary/aromatic N) is 2. The lowest BCUT2D eigenvalue weighted by Crippen LogP contribution is -2.41. The second-order valence-electron chi connectivity index (χ2n) is 9.13. The maximum Gasteiger partial charge on any atom is 0.338 e. The highest BCUT2D eigenvalue weighted by atomic mass is 16.5. The molecule has 184 valence electrons. The highest BCUT2D eigenvalue weighted by Crippen LogP contribution is 2.26. The largest absolute Gasteiger partial charge is 0.467 e. The topological polar surface area (TPSA) is 97.1 Å². The van der Waals surface area contributed by atoms with Crippen molar-refractivity contribution in [2.75, 3.05) is 19.7 Å². The number of esters is 1. The first kappa shape index (κ1) is 23.5. The number of hydrogen-bond acceptors (Lipinski definition) is 6. The Kier molecular flexibility index (Phi) is 6.66. The van der Waals surface area contributed by atoms with Gasteiger partial charge in [-0.3, -0.25) is 19.3 Å². The predicted octanol–water partition coefficient (Wildman–Crippen LogP) is 3.71. The second kappa shape index (κ2) is 10.2. The van der Waals surface area contributed by atoms with E-state index in [1.54, 1.807) is 17.0 Å². The van der Waals surface area contributed by atoms with Crippen LogP contribution in [-0.2, 0) is 22.5 Å². The summed E-state index contributed by atoms with van der Waals surface area (Å²) in [5.41, 5.74) is 1.77. The Labute approximate surface area is 208 Å². The van der Waals surface area contributed by atoms with Gasteiger partial charge in [0.25, 0.3) is 17.7 Å². The zero-order valence-electron chi connectivity index (χ0n) is 19.7. The van der Waals surface area contributed by atoms with Crippen molar-refractivity contribution in [1.29, 1.82) is 0 Å². The summed E-state index contributed by atoms with van der Waals surface area (Å²) in [4.78, 5) is 53.4. The molecule has 2 aliphatic rings. The molecule has 0 unspecified atom stereocenters. The third kappa shape index (κ3) is 4.93. The van der Waals surface area contributed by atoms with Gasteiger partial charge in [0.2, 0.25) is 0 Å². The summed E-state index contributed by atoms with van der Waals surface area (Å²) in [5.74, 6) is -0.897. The minimum Gasteiger partial charge on any atom is -0.467 e. The molecule has 3 aromatic rings. The first-order chi connectivity index (χ1) is 17.5. The first-order valence-electron chi connectivity index (χ1n) is 12.0. The maximum atomic E-state index is 12.8. The van der Waals surface area contributed by atoms with Gasteiger partial charge in [-0.05, 0) is 61.1 Å². The SMILES string of the molecule is O=C(OCC(=O)N1CCC(Cc2ccccc2)CC1)c1ccc2c(c1)C(=O)N(Cc1ccco1)C2=O. The van der Waals surface area contributed by atoms with Gasteiger partial charge in [0.1, 0.15) is 5.76 Å². The molecule has 8 heteroatoms. The Morgan fingerprint density at radius 3 is 2.39 bits per heavy atom. The van der Waals surface area contributed by atoms with Crippen molar-refractivity contribution in [2.24, 2.45) is 5.92 Å². The highest BCUT2D eigenvalue weighted by Gasteiger charge is 2.36. The van der Waals surface area contributed by atoms with Gasteiger partial charge >= 0.3 is 5.97 Å². The van der Waals surface area contributed by atoms with Crippen molar-refractivity contribution in [2.45, 2.75) is 25.8 Å². The normalized spacial score (nSPS) is 15.8. The zero-order valence-corrected chi connectivity index (χ0v) is 19.7. The van der Waals surface area contributed by atoms with Gasteiger partial charge in [0.15, 0.2) is 6.61 Å². The van der Waals surface area contributed by atoms with Gasteiger partial charge < -0.3 is 14.1 Å². The van der Waals surface area contributed by atoms with Gasteiger partial charge in [-0.2, -0.15) is 0 Å². The lowest BCUT2D eigenvalue weighted by molar-refractivity contribution is -0.135. The molecule has 5 rings (SSSR count). The van der Waals surface area contributed by atoms with Crippen LogP contribution in [0.4, 0.5) is 0 Å². The number of hydrogen-bond donors (Lipinski definition) is 0. The molecule has 8 nitrogen and oxygen atoms in total. The van der Waals surface area contributed by atoms with Crippen molar-refractivity contribution < 1.29 is 28.3 Å². The number of carbonyl (C=O) groups excluding carboxylic acids is 4. The van der Waals surface area contributed by atoms with Gasteiger partial charge in [-0.25, -0.2) is 4.79 Å². The van der Waals surface area contributed by atoms with Gasteiger partial charge in [-0.15, -0.1) is 0 Å². The molecule has 1 fully saturated rings. The number of ether oxygens (including phenoxy) is 1. The Balaban J connectivity index is 1.13. The molecule has 0 radical (unpaired) electrons. The number of likely N-dealkylation sites (tertiary alicyclic amines) is 1. The number of fused-ring (bicyclic) bond motifs is 1. The van der Waals surface area contributed by atoms with Crippen LogP contribution in [0.5, 0.6) is 0 Å². The number of amides is 3. The summed E-state index contributed by atoms with van der Waals surface area (Å²) in [5, 5.41) is 0. The summed E-state index contributed by atoms with van der Waals surface area (Å²) >= 11 is 0. The van der Waals surface area contributed by atoms with Crippen LogP contribution in [-0.4, -0.2) is 53.2 Å². The molecular formula is C28H26N2O6. The van der Waals surface area contributed by atoms with Crippen LogP contribution in [0.15, 0.2) is 71.3 Å². The quantitative estimate of drug-likeness (QED) is 0.373. The van der Waals surface area contributed by atoms with Crippen molar-refractivity contribution in [3.8, 4) is 0 Å². The molecule has 2 aliphatic heterocycles. The number of furan rings is 1. The smallest absolute Gasteiger partial charge is 0.338 e. The van der Waals surface area contributed by atoms with Gasteiger partial charge in [0.05, 0.1) is 29.5 Å². The molecule has 0 N–H and O–H groups in total. The fourth-order valence-electron chi connectivity index (χ4n) is 4.76. The number of benzene rings is 2. The Morgan fingerprint density at radius 2 is 1.67 bits per heavy atom. The lowest BCUT2D eigenvalue weighted by Gasteiger charge is -2.32. The summed E-state index contributed by atoms with van der Waals surface area (Å²) in [7, 11) is 0. The fraction of sp³-hybridized carbons (Fsp3) is 0.286. The second-order valence-corrected chi connectivity index (χ2v) is 9.13. The molecule has 3 heterocycles. The zero-order chi connectivity index (χ0) is 25.1. The lowest BCUT2D eigenvalue weighted by atomic mass is 9.90. The average Bonchev–Trinajstić information content (AvgIpc) is 3.51. The van der Waals surface area contributed by atoms with E-state index in [9.17, 15) is 19.2 Å². The van der Waals surface area contributed by atoms with Crippen LogP contribution < -0.4 is 0 Å². The van der Waals surface area contributed by atoms with Crippen molar-refractivity contribution >= 4 is 23.7 Å². The van der Waals surface area contributed by atoms with E-state index >= 15 is 0 Å². The molecule has 2 aromatic carbocycles. The number of piperidine rings is 1. The number of imide groups is 1. The van der Waals surface area contributed by atoms with E-state index < -0.39 is 17.8 Å². The fourth-order valence-corrected chi connectivity index (χ4v) is 4.76. The minimum absolute atomic E-state index is 0.00959. The van der Waals surface area contributed by atoms with E-state index in [0.717, 1.165) is 24.2 Å². The minimum atomic E-state index is -0.713. The van der Waals surface area contributed by atoms with Crippen molar-refractivity contribution in [1.82, 2.24) is 9.80 Å². The molecule has 0 atom stereocenters. The van der Waals surface area contributed by atoms with Gasteiger partial charge in [0, 0.05) is 13.1 Å². The van der Waals surface area contributed by atoms with Gasteiger partial charge in [-0.1, -0.05) is 30.3 Å². The molecule has 36 heavy (non-hydrogen) atoms. The molecule has 3 amide bonds.